The number of nitrogens with zero attached hydrogens (tertiary/aromatic N) is 2. The molecular weight excluding hydrogens is 439 g/mol. The summed E-state index contributed by atoms with van der Waals surface area (Å²) in [6.45, 7) is 0. The van der Waals surface area contributed by atoms with Gasteiger partial charge in [0.2, 0.25) is 0 Å². The van der Waals surface area contributed by atoms with E-state index in [1.165, 1.54) is 35.7 Å². The minimum atomic E-state index is -4.49. The predicted octanol–water partition coefficient (Wildman–Crippen LogP) is 6.57. The minimum absolute atomic E-state index is 0.124. The second-order valence-electron chi connectivity index (χ2n) is 5.41. The van der Waals surface area contributed by atoms with Crippen molar-refractivity contribution in [3.05, 3.63) is 75.2 Å². The van der Waals surface area contributed by atoms with Gasteiger partial charge in [-0.25, -0.2) is 4.98 Å². The maximum absolute atomic E-state index is 13.1. The highest BCUT2D eigenvalue weighted by Crippen LogP contribution is 2.35. The molecule has 0 amide bonds. The third-order valence-corrected chi connectivity index (χ3v) is 4.95. The average molecular weight is 450 g/mol. The Bertz CT molecular complexity index is 1030. The van der Waals surface area contributed by atoms with Gasteiger partial charge in [0.25, 0.3) is 0 Å². The van der Waals surface area contributed by atoms with E-state index in [-0.39, 0.29) is 11.3 Å². The fourth-order valence-electron chi connectivity index (χ4n) is 2.33. The fourth-order valence-corrected chi connectivity index (χ4v) is 3.52. The van der Waals surface area contributed by atoms with Crippen LogP contribution in [0, 0.1) is 11.3 Å². The molecular formula is C19H11BrF3N3S. The zero-order valence-corrected chi connectivity index (χ0v) is 16.0. The van der Waals surface area contributed by atoms with Crippen LogP contribution in [0.1, 0.15) is 10.6 Å². The Hall–Kier alpha value is -2.63. The zero-order chi connectivity index (χ0) is 19.4. The zero-order valence-electron chi connectivity index (χ0n) is 13.6. The highest BCUT2D eigenvalue weighted by molar-refractivity contribution is 9.10. The molecule has 0 saturated heterocycles. The first-order valence-corrected chi connectivity index (χ1v) is 9.30. The number of thiazole rings is 1. The molecule has 3 aromatic rings. The SMILES string of the molecule is N#C/C(=C\Nc1ccccc1C(F)(F)F)c1nc(-c2cccc(Br)c2)cs1. The summed E-state index contributed by atoms with van der Waals surface area (Å²) >= 11 is 4.64. The lowest BCUT2D eigenvalue weighted by atomic mass is 10.1. The second-order valence-corrected chi connectivity index (χ2v) is 7.18. The largest absolute Gasteiger partial charge is 0.418 e. The van der Waals surface area contributed by atoms with E-state index in [4.69, 9.17) is 0 Å². The van der Waals surface area contributed by atoms with Gasteiger partial charge in [0, 0.05) is 21.6 Å². The number of hydrogen-bond acceptors (Lipinski definition) is 4. The van der Waals surface area contributed by atoms with Crippen molar-refractivity contribution in [1.29, 1.82) is 5.26 Å². The van der Waals surface area contributed by atoms with Crippen LogP contribution in [0.4, 0.5) is 18.9 Å². The molecule has 3 rings (SSSR count). The number of allylic oxidation sites excluding steroid dienone is 1. The lowest BCUT2D eigenvalue weighted by Gasteiger charge is -2.12. The van der Waals surface area contributed by atoms with Crippen LogP contribution in [0.2, 0.25) is 0 Å². The summed E-state index contributed by atoms with van der Waals surface area (Å²) in [7, 11) is 0. The fraction of sp³-hybridized carbons (Fsp3) is 0.0526. The van der Waals surface area contributed by atoms with Crippen molar-refractivity contribution >= 4 is 38.5 Å². The second kappa shape index (κ2) is 7.94. The smallest absolute Gasteiger partial charge is 0.360 e. The molecule has 0 fully saturated rings. The van der Waals surface area contributed by atoms with E-state index in [0.717, 1.165) is 16.1 Å². The van der Waals surface area contributed by atoms with Crippen molar-refractivity contribution in [3.8, 4) is 17.3 Å². The van der Waals surface area contributed by atoms with Crippen LogP contribution in [0.3, 0.4) is 0 Å². The Morgan fingerprint density at radius 2 is 1.96 bits per heavy atom. The molecule has 27 heavy (non-hydrogen) atoms. The summed E-state index contributed by atoms with van der Waals surface area (Å²) in [6, 6.07) is 14.6. The number of benzene rings is 2. The number of halogens is 4. The molecule has 1 heterocycles. The molecule has 0 radical (unpaired) electrons. The Kier molecular flexibility index (Phi) is 5.63. The Labute approximate surface area is 165 Å². The molecule has 0 aliphatic heterocycles. The van der Waals surface area contributed by atoms with Crippen molar-refractivity contribution in [1.82, 2.24) is 4.98 Å². The molecule has 2 aromatic carbocycles. The van der Waals surface area contributed by atoms with Crippen LogP contribution in [0.15, 0.2) is 64.6 Å². The topological polar surface area (TPSA) is 48.7 Å². The molecule has 0 spiro atoms. The van der Waals surface area contributed by atoms with Crippen molar-refractivity contribution in [2.45, 2.75) is 6.18 Å². The standard InChI is InChI=1S/C19H11BrF3N3S/c20-14-5-3-4-12(8-14)17-11-27-18(26-17)13(9-24)10-25-16-7-2-1-6-15(16)19(21,22)23/h1-8,10-11,25H/b13-10+. The Morgan fingerprint density at radius 3 is 2.67 bits per heavy atom. The molecule has 0 aliphatic rings. The van der Waals surface area contributed by atoms with Gasteiger partial charge in [-0.3, -0.25) is 0 Å². The van der Waals surface area contributed by atoms with E-state index < -0.39 is 11.7 Å². The van der Waals surface area contributed by atoms with Crippen LogP contribution in [-0.2, 0) is 6.18 Å². The predicted molar refractivity (Wildman–Crippen MR) is 104 cm³/mol. The molecule has 0 saturated carbocycles. The van der Waals surface area contributed by atoms with Gasteiger partial charge in [0.1, 0.15) is 16.6 Å². The normalized spacial score (nSPS) is 11.9. The molecule has 0 bridgehead atoms. The van der Waals surface area contributed by atoms with Gasteiger partial charge >= 0.3 is 6.18 Å². The number of rotatable bonds is 4. The maximum Gasteiger partial charge on any atom is 0.418 e. The number of aromatic nitrogens is 1. The van der Waals surface area contributed by atoms with Gasteiger partial charge in [-0.1, -0.05) is 40.2 Å². The van der Waals surface area contributed by atoms with E-state index >= 15 is 0 Å². The lowest BCUT2D eigenvalue weighted by molar-refractivity contribution is -0.136. The van der Waals surface area contributed by atoms with Crippen molar-refractivity contribution in [3.63, 3.8) is 0 Å². The van der Waals surface area contributed by atoms with Crippen LogP contribution in [0.5, 0.6) is 0 Å². The summed E-state index contributed by atoms with van der Waals surface area (Å²) in [5, 5.41) is 14.2. The lowest BCUT2D eigenvalue weighted by Crippen LogP contribution is -2.08. The van der Waals surface area contributed by atoms with Crippen LogP contribution in [-0.4, -0.2) is 4.98 Å². The molecule has 0 atom stereocenters. The molecule has 0 unspecified atom stereocenters. The van der Waals surface area contributed by atoms with Gasteiger partial charge < -0.3 is 5.32 Å². The number of hydrogen-bond donors (Lipinski definition) is 1. The molecule has 3 nitrogen and oxygen atoms in total. The number of nitrogens with one attached hydrogen (secondary N) is 1. The van der Waals surface area contributed by atoms with E-state index in [9.17, 15) is 18.4 Å². The van der Waals surface area contributed by atoms with E-state index in [1.54, 1.807) is 5.38 Å². The van der Waals surface area contributed by atoms with Crippen molar-refractivity contribution in [2.24, 2.45) is 0 Å². The van der Waals surface area contributed by atoms with Crippen LogP contribution in [0.25, 0.3) is 16.8 Å². The van der Waals surface area contributed by atoms with Gasteiger partial charge in [0.05, 0.1) is 16.9 Å². The Morgan fingerprint density at radius 1 is 1.19 bits per heavy atom. The summed E-state index contributed by atoms with van der Waals surface area (Å²) in [4.78, 5) is 4.42. The summed E-state index contributed by atoms with van der Waals surface area (Å²) < 4.78 is 40.1. The quantitative estimate of drug-likeness (QED) is 0.458. The highest BCUT2D eigenvalue weighted by atomic mass is 79.9. The maximum atomic E-state index is 13.1. The monoisotopic (exact) mass is 449 g/mol. The highest BCUT2D eigenvalue weighted by Gasteiger charge is 2.33. The molecule has 1 N–H and O–H groups in total. The van der Waals surface area contributed by atoms with Gasteiger partial charge in [-0.15, -0.1) is 11.3 Å². The van der Waals surface area contributed by atoms with E-state index in [1.807, 2.05) is 30.3 Å². The average Bonchev–Trinajstić information content (AvgIpc) is 3.12. The van der Waals surface area contributed by atoms with E-state index in [2.05, 4.69) is 26.2 Å². The third-order valence-electron chi connectivity index (χ3n) is 3.58. The number of para-hydroxylation sites is 1. The van der Waals surface area contributed by atoms with Gasteiger partial charge in [-0.05, 0) is 24.3 Å². The van der Waals surface area contributed by atoms with Crippen LogP contribution < -0.4 is 5.32 Å². The summed E-state index contributed by atoms with van der Waals surface area (Å²) in [5.74, 6) is 0. The first-order valence-electron chi connectivity index (χ1n) is 7.63. The van der Waals surface area contributed by atoms with Crippen molar-refractivity contribution < 1.29 is 13.2 Å². The third kappa shape index (κ3) is 4.56. The van der Waals surface area contributed by atoms with Gasteiger partial charge in [0.15, 0.2) is 0 Å². The van der Waals surface area contributed by atoms with E-state index in [0.29, 0.717) is 10.7 Å². The summed E-state index contributed by atoms with van der Waals surface area (Å²) in [6.07, 6.45) is -3.24. The first-order chi connectivity index (χ1) is 12.9. The molecule has 1 aromatic heterocycles. The first kappa shape index (κ1) is 19.1. The number of nitriles is 1. The number of anilines is 1. The van der Waals surface area contributed by atoms with Gasteiger partial charge in [-0.2, -0.15) is 18.4 Å². The Balaban J connectivity index is 1.88. The minimum Gasteiger partial charge on any atom is -0.360 e. The summed E-state index contributed by atoms with van der Waals surface area (Å²) in [5.41, 5.74) is 0.792. The van der Waals surface area contributed by atoms with Crippen LogP contribution >= 0.6 is 27.3 Å². The molecule has 8 heteroatoms. The molecule has 136 valence electrons. The number of alkyl halides is 3. The molecule has 0 aliphatic carbocycles. The van der Waals surface area contributed by atoms with Crippen molar-refractivity contribution in [2.75, 3.05) is 5.32 Å².